The second-order valence-electron chi connectivity index (χ2n) is 6.60. The highest BCUT2D eigenvalue weighted by atomic mass is 16.3. The summed E-state index contributed by atoms with van der Waals surface area (Å²) in [5, 5.41) is 9.63. The summed E-state index contributed by atoms with van der Waals surface area (Å²) < 4.78 is 0. The number of nitrogen functional groups attached to an aromatic ring is 1. The standard InChI is InChI=1S/C15H26N4O/c1-15(2,3)14-17-12(16)9-13(18-14)19-8-6-4-5-7-11(19)10-20/h9,11,20H,4-8,10H2,1-3H3,(H2,16,17,18). The first-order valence-corrected chi connectivity index (χ1v) is 7.44. The lowest BCUT2D eigenvalue weighted by Gasteiger charge is -2.31. The molecule has 0 aromatic carbocycles. The van der Waals surface area contributed by atoms with Gasteiger partial charge in [0.05, 0.1) is 12.6 Å². The number of aliphatic hydroxyl groups excluding tert-OH is 1. The minimum atomic E-state index is -0.134. The van der Waals surface area contributed by atoms with Crippen molar-refractivity contribution in [3.05, 3.63) is 11.9 Å². The van der Waals surface area contributed by atoms with E-state index in [1.165, 1.54) is 6.42 Å². The summed E-state index contributed by atoms with van der Waals surface area (Å²) in [6, 6.07) is 1.96. The Balaban J connectivity index is 2.37. The van der Waals surface area contributed by atoms with E-state index in [1.54, 1.807) is 0 Å². The fraction of sp³-hybridized carbons (Fsp3) is 0.733. The maximum absolute atomic E-state index is 9.63. The van der Waals surface area contributed by atoms with Crippen molar-refractivity contribution < 1.29 is 5.11 Å². The maximum atomic E-state index is 9.63. The van der Waals surface area contributed by atoms with E-state index in [2.05, 4.69) is 30.7 Å². The predicted octanol–water partition coefficient (Wildman–Crippen LogP) is 2.10. The van der Waals surface area contributed by atoms with Crippen LogP contribution in [0.25, 0.3) is 0 Å². The van der Waals surface area contributed by atoms with Gasteiger partial charge >= 0.3 is 0 Å². The molecule has 5 heteroatoms. The molecule has 1 unspecified atom stereocenters. The molecule has 0 radical (unpaired) electrons. The summed E-state index contributed by atoms with van der Waals surface area (Å²) in [5.41, 5.74) is 5.81. The zero-order valence-electron chi connectivity index (χ0n) is 12.8. The Morgan fingerprint density at radius 1 is 1.30 bits per heavy atom. The van der Waals surface area contributed by atoms with Gasteiger partial charge in [0.2, 0.25) is 0 Å². The van der Waals surface area contributed by atoms with Crippen LogP contribution in [0.3, 0.4) is 0 Å². The Hall–Kier alpha value is -1.36. The minimum absolute atomic E-state index is 0.134. The van der Waals surface area contributed by atoms with Gasteiger partial charge in [0, 0.05) is 18.0 Å². The lowest BCUT2D eigenvalue weighted by Crippen LogP contribution is -2.38. The number of nitrogens with two attached hydrogens (primary N) is 1. The molecule has 0 spiro atoms. The Bertz CT molecular complexity index is 456. The van der Waals surface area contributed by atoms with Gasteiger partial charge in [-0.2, -0.15) is 0 Å². The van der Waals surface area contributed by atoms with E-state index >= 15 is 0 Å². The van der Waals surface area contributed by atoms with Crippen molar-refractivity contribution in [2.24, 2.45) is 0 Å². The van der Waals surface area contributed by atoms with E-state index in [4.69, 9.17) is 10.7 Å². The molecule has 1 aromatic heterocycles. The zero-order valence-corrected chi connectivity index (χ0v) is 12.8. The second-order valence-corrected chi connectivity index (χ2v) is 6.60. The molecule has 112 valence electrons. The van der Waals surface area contributed by atoms with Crippen molar-refractivity contribution in [1.29, 1.82) is 0 Å². The van der Waals surface area contributed by atoms with E-state index in [9.17, 15) is 5.11 Å². The number of rotatable bonds is 2. The molecule has 2 heterocycles. The van der Waals surface area contributed by atoms with E-state index in [0.717, 1.165) is 37.4 Å². The third-order valence-corrected chi connectivity index (χ3v) is 3.79. The van der Waals surface area contributed by atoms with E-state index < -0.39 is 0 Å². The van der Waals surface area contributed by atoms with Gasteiger partial charge in [0.15, 0.2) is 0 Å². The third kappa shape index (κ3) is 3.39. The van der Waals surface area contributed by atoms with Crippen LogP contribution in [0.2, 0.25) is 0 Å². The quantitative estimate of drug-likeness (QED) is 0.866. The molecule has 0 amide bonds. The van der Waals surface area contributed by atoms with Crippen LogP contribution >= 0.6 is 0 Å². The van der Waals surface area contributed by atoms with Crippen LogP contribution < -0.4 is 10.6 Å². The lowest BCUT2D eigenvalue weighted by atomic mass is 9.95. The van der Waals surface area contributed by atoms with Gasteiger partial charge in [-0.1, -0.05) is 33.6 Å². The average molecular weight is 278 g/mol. The number of aliphatic hydroxyl groups is 1. The van der Waals surface area contributed by atoms with Crippen LogP contribution in [-0.4, -0.2) is 34.3 Å². The van der Waals surface area contributed by atoms with Crippen molar-refractivity contribution in [2.75, 3.05) is 23.8 Å². The maximum Gasteiger partial charge on any atom is 0.138 e. The lowest BCUT2D eigenvalue weighted by molar-refractivity contribution is 0.254. The van der Waals surface area contributed by atoms with Gasteiger partial charge in [0.1, 0.15) is 17.5 Å². The molecule has 1 fully saturated rings. The van der Waals surface area contributed by atoms with Crippen molar-refractivity contribution in [3.8, 4) is 0 Å². The fourth-order valence-corrected chi connectivity index (χ4v) is 2.60. The Kier molecular flexibility index (Phi) is 4.48. The molecule has 2 rings (SSSR count). The molecule has 1 saturated heterocycles. The first-order chi connectivity index (χ1) is 9.41. The van der Waals surface area contributed by atoms with Gasteiger partial charge in [-0.05, 0) is 12.8 Å². The zero-order chi connectivity index (χ0) is 14.8. The monoisotopic (exact) mass is 278 g/mol. The van der Waals surface area contributed by atoms with Gasteiger partial charge in [-0.25, -0.2) is 9.97 Å². The number of nitrogens with zero attached hydrogens (tertiary/aromatic N) is 3. The highest BCUT2D eigenvalue weighted by molar-refractivity contribution is 5.48. The van der Waals surface area contributed by atoms with Crippen LogP contribution in [0.5, 0.6) is 0 Å². The molecule has 1 aromatic rings. The molecule has 1 aliphatic rings. The van der Waals surface area contributed by atoms with Crippen LogP contribution in [0.4, 0.5) is 11.6 Å². The van der Waals surface area contributed by atoms with Gasteiger partial charge in [-0.15, -0.1) is 0 Å². The molecule has 1 atom stereocenters. The Labute approximate surface area is 121 Å². The smallest absolute Gasteiger partial charge is 0.138 e. The normalized spacial score (nSPS) is 20.8. The van der Waals surface area contributed by atoms with Crippen molar-refractivity contribution >= 4 is 11.6 Å². The summed E-state index contributed by atoms with van der Waals surface area (Å²) >= 11 is 0. The fourth-order valence-electron chi connectivity index (χ4n) is 2.60. The molecule has 0 aliphatic carbocycles. The van der Waals surface area contributed by atoms with Gasteiger partial charge < -0.3 is 15.7 Å². The van der Waals surface area contributed by atoms with Crippen LogP contribution in [0, 0.1) is 0 Å². The Morgan fingerprint density at radius 3 is 2.70 bits per heavy atom. The van der Waals surface area contributed by atoms with Gasteiger partial charge in [0.25, 0.3) is 0 Å². The molecular formula is C15H26N4O. The van der Waals surface area contributed by atoms with Gasteiger partial charge in [-0.3, -0.25) is 0 Å². The minimum Gasteiger partial charge on any atom is -0.394 e. The van der Waals surface area contributed by atoms with Crippen molar-refractivity contribution in [2.45, 2.75) is 57.9 Å². The van der Waals surface area contributed by atoms with Crippen molar-refractivity contribution in [1.82, 2.24) is 9.97 Å². The predicted molar refractivity (Wildman–Crippen MR) is 81.8 cm³/mol. The molecule has 0 bridgehead atoms. The molecule has 20 heavy (non-hydrogen) atoms. The summed E-state index contributed by atoms with van der Waals surface area (Å²) in [5.74, 6) is 2.11. The second kappa shape index (κ2) is 5.95. The van der Waals surface area contributed by atoms with E-state index in [-0.39, 0.29) is 18.1 Å². The summed E-state index contributed by atoms with van der Waals surface area (Å²) in [4.78, 5) is 11.2. The highest BCUT2D eigenvalue weighted by Gasteiger charge is 2.25. The number of hydrogen-bond acceptors (Lipinski definition) is 5. The summed E-state index contributed by atoms with van der Waals surface area (Å²) in [7, 11) is 0. The largest absolute Gasteiger partial charge is 0.394 e. The first-order valence-electron chi connectivity index (χ1n) is 7.44. The average Bonchev–Trinajstić information content (AvgIpc) is 2.61. The number of hydrogen-bond donors (Lipinski definition) is 2. The first kappa shape index (κ1) is 15.0. The van der Waals surface area contributed by atoms with Crippen LogP contribution in [0.15, 0.2) is 6.07 Å². The SMILES string of the molecule is CC(C)(C)c1nc(N)cc(N2CCCCCC2CO)n1. The Morgan fingerprint density at radius 2 is 2.05 bits per heavy atom. The molecule has 3 N–H and O–H groups in total. The van der Waals surface area contributed by atoms with Crippen LogP contribution in [0.1, 0.15) is 52.3 Å². The van der Waals surface area contributed by atoms with Crippen LogP contribution in [-0.2, 0) is 5.41 Å². The molecular weight excluding hydrogens is 252 g/mol. The number of aromatic nitrogens is 2. The van der Waals surface area contributed by atoms with Crippen molar-refractivity contribution in [3.63, 3.8) is 0 Å². The topological polar surface area (TPSA) is 75.3 Å². The van der Waals surface area contributed by atoms with E-state index in [1.807, 2.05) is 6.07 Å². The summed E-state index contributed by atoms with van der Waals surface area (Å²) in [6.45, 7) is 7.33. The van der Waals surface area contributed by atoms with E-state index in [0.29, 0.717) is 5.82 Å². The third-order valence-electron chi connectivity index (χ3n) is 3.79. The molecule has 0 saturated carbocycles. The highest BCUT2D eigenvalue weighted by Crippen LogP contribution is 2.27. The molecule has 5 nitrogen and oxygen atoms in total. The molecule has 1 aliphatic heterocycles. The summed E-state index contributed by atoms with van der Waals surface area (Å²) in [6.07, 6.45) is 4.50. The number of anilines is 2.